The maximum Gasteiger partial charge on any atom is 0.242 e. The number of hydrogen-bond donors (Lipinski definition) is 3. The number of anilines is 2. The number of carbonyl (C=O) groups is 1. The Balaban J connectivity index is 2.09. The predicted octanol–water partition coefficient (Wildman–Crippen LogP) is 0.841. The average molecular weight is 333 g/mol. The van der Waals surface area contributed by atoms with E-state index in [1.54, 1.807) is 11.8 Å². The Kier molecular flexibility index (Phi) is 5.07. The van der Waals surface area contributed by atoms with Crippen LogP contribution in [0.15, 0.2) is 18.2 Å². The standard InChI is InChI=1S/C12H16FN3O3S2/c1-21(18,19)16-10-6-8(2-3-9(10)13)15-12(17)11-7-20-5-4-14-11/h2-3,6,11,14,16H,4-5,7H2,1H3,(H,15,17). The fraction of sp³-hybridized carbons (Fsp3) is 0.417. The van der Waals surface area contributed by atoms with Crippen LogP contribution < -0.4 is 15.4 Å². The Bertz CT molecular complexity index is 631. The molecule has 1 aliphatic rings. The summed E-state index contributed by atoms with van der Waals surface area (Å²) in [6.07, 6.45) is 0.931. The molecule has 1 aromatic carbocycles. The van der Waals surface area contributed by atoms with Gasteiger partial charge in [-0.2, -0.15) is 11.8 Å². The zero-order valence-electron chi connectivity index (χ0n) is 11.3. The number of sulfonamides is 1. The molecule has 1 fully saturated rings. The van der Waals surface area contributed by atoms with E-state index in [0.29, 0.717) is 11.4 Å². The quantitative estimate of drug-likeness (QED) is 0.760. The fourth-order valence-electron chi connectivity index (χ4n) is 1.84. The lowest BCUT2D eigenvalue weighted by atomic mass is 10.2. The van der Waals surface area contributed by atoms with Gasteiger partial charge in [-0.15, -0.1) is 0 Å². The van der Waals surface area contributed by atoms with Crippen LogP contribution in [0.1, 0.15) is 0 Å². The van der Waals surface area contributed by atoms with E-state index in [4.69, 9.17) is 0 Å². The van der Waals surface area contributed by atoms with E-state index in [9.17, 15) is 17.6 Å². The van der Waals surface area contributed by atoms with Gasteiger partial charge in [0.15, 0.2) is 0 Å². The summed E-state index contributed by atoms with van der Waals surface area (Å²) in [5.74, 6) is 0.702. The van der Waals surface area contributed by atoms with Crippen molar-refractivity contribution in [1.29, 1.82) is 0 Å². The second-order valence-electron chi connectivity index (χ2n) is 4.64. The van der Waals surface area contributed by atoms with Crippen LogP contribution in [-0.2, 0) is 14.8 Å². The molecule has 1 aromatic rings. The van der Waals surface area contributed by atoms with Gasteiger partial charge in [0, 0.05) is 23.7 Å². The van der Waals surface area contributed by atoms with Gasteiger partial charge in [-0.3, -0.25) is 9.52 Å². The Morgan fingerprint density at radius 3 is 2.86 bits per heavy atom. The summed E-state index contributed by atoms with van der Waals surface area (Å²) >= 11 is 1.68. The first kappa shape index (κ1) is 16.1. The monoisotopic (exact) mass is 333 g/mol. The van der Waals surface area contributed by atoms with Crippen LogP contribution in [0.5, 0.6) is 0 Å². The van der Waals surface area contributed by atoms with Crippen LogP contribution in [0.4, 0.5) is 15.8 Å². The van der Waals surface area contributed by atoms with E-state index in [2.05, 4.69) is 15.4 Å². The van der Waals surface area contributed by atoms with Crippen LogP contribution in [0.3, 0.4) is 0 Å². The van der Waals surface area contributed by atoms with Crippen LogP contribution in [-0.4, -0.2) is 44.7 Å². The molecule has 0 saturated carbocycles. The number of thioether (sulfide) groups is 1. The molecule has 2 rings (SSSR count). The van der Waals surface area contributed by atoms with Crippen molar-refractivity contribution in [3.63, 3.8) is 0 Å². The molecule has 0 spiro atoms. The molecule has 9 heteroatoms. The average Bonchev–Trinajstić information content (AvgIpc) is 2.42. The summed E-state index contributed by atoms with van der Waals surface area (Å²) < 4.78 is 37.9. The second kappa shape index (κ2) is 6.63. The smallest absolute Gasteiger partial charge is 0.242 e. The maximum absolute atomic E-state index is 13.5. The van der Waals surface area contributed by atoms with Crippen molar-refractivity contribution in [1.82, 2.24) is 5.32 Å². The number of halogens is 1. The Labute approximate surface area is 126 Å². The summed E-state index contributed by atoms with van der Waals surface area (Å²) in [4.78, 5) is 12.0. The van der Waals surface area contributed by atoms with Gasteiger partial charge in [0.05, 0.1) is 18.0 Å². The van der Waals surface area contributed by atoms with Gasteiger partial charge in [-0.05, 0) is 18.2 Å². The highest BCUT2D eigenvalue weighted by Gasteiger charge is 2.21. The second-order valence-corrected chi connectivity index (χ2v) is 7.54. The largest absolute Gasteiger partial charge is 0.325 e. The van der Waals surface area contributed by atoms with Gasteiger partial charge in [-0.25, -0.2) is 12.8 Å². The van der Waals surface area contributed by atoms with Crippen LogP contribution in [0.25, 0.3) is 0 Å². The van der Waals surface area contributed by atoms with E-state index < -0.39 is 15.8 Å². The zero-order valence-corrected chi connectivity index (χ0v) is 13.0. The number of benzene rings is 1. The van der Waals surface area contributed by atoms with E-state index in [-0.39, 0.29) is 17.6 Å². The highest BCUT2D eigenvalue weighted by Crippen LogP contribution is 2.21. The molecule has 1 aliphatic heterocycles. The van der Waals surface area contributed by atoms with Crippen molar-refractivity contribution in [2.45, 2.75) is 6.04 Å². The van der Waals surface area contributed by atoms with Gasteiger partial charge in [0.25, 0.3) is 0 Å². The molecule has 1 saturated heterocycles. The first-order chi connectivity index (χ1) is 9.85. The van der Waals surface area contributed by atoms with Crippen LogP contribution >= 0.6 is 11.8 Å². The van der Waals surface area contributed by atoms with E-state index in [1.165, 1.54) is 12.1 Å². The number of hydrogen-bond acceptors (Lipinski definition) is 5. The fourth-order valence-corrected chi connectivity index (χ4v) is 3.33. The highest BCUT2D eigenvalue weighted by atomic mass is 32.2. The van der Waals surface area contributed by atoms with Crippen LogP contribution in [0, 0.1) is 5.82 Å². The molecule has 0 aromatic heterocycles. The van der Waals surface area contributed by atoms with Crippen molar-refractivity contribution in [3.05, 3.63) is 24.0 Å². The lowest BCUT2D eigenvalue weighted by Crippen LogP contribution is -2.46. The number of amides is 1. The molecular formula is C12H16FN3O3S2. The molecule has 21 heavy (non-hydrogen) atoms. The molecule has 6 nitrogen and oxygen atoms in total. The molecule has 0 radical (unpaired) electrons. The molecule has 1 heterocycles. The normalized spacial score (nSPS) is 19.0. The van der Waals surface area contributed by atoms with Gasteiger partial charge in [-0.1, -0.05) is 0 Å². The number of carbonyl (C=O) groups excluding carboxylic acids is 1. The maximum atomic E-state index is 13.5. The van der Waals surface area contributed by atoms with Gasteiger partial charge in [0.2, 0.25) is 15.9 Å². The minimum atomic E-state index is -3.58. The Morgan fingerprint density at radius 2 is 2.24 bits per heavy atom. The summed E-state index contributed by atoms with van der Waals surface area (Å²) in [6.45, 7) is 0.757. The summed E-state index contributed by atoms with van der Waals surface area (Å²) in [6, 6.07) is 3.44. The number of rotatable bonds is 4. The Morgan fingerprint density at radius 1 is 1.48 bits per heavy atom. The molecule has 0 bridgehead atoms. The third kappa shape index (κ3) is 4.87. The minimum absolute atomic E-state index is 0.193. The lowest BCUT2D eigenvalue weighted by molar-refractivity contribution is -0.117. The van der Waals surface area contributed by atoms with Gasteiger partial charge >= 0.3 is 0 Å². The van der Waals surface area contributed by atoms with Crippen molar-refractivity contribution in [2.24, 2.45) is 0 Å². The molecular weight excluding hydrogens is 317 g/mol. The molecule has 1 atom stereocenters. The summed E-state index contributed by atoms with van der Waals surface area (Å²) in [5.41, 5.74) is 0.145. The molecule has 3 N–H and O–H groups in total. The van der Waals surface area contributed by atoms with Crippen LogP contribution in [0.2, 0.25) is 0 Å². The van der Waals surface area contributed by atoms with E-state index in [1.807, 2.05) is 0 Å². The molecule has 116 valence electrons. The van der Waals surface area contributed by atoms with Gasteiger partial charge < -0.3 is 10.6 Å². The molecule has 0 aliphatic carbocycles. The van der Waals surface area contributed by atoms with Crippen molar-refractivity contribution < 1.29 is 17.6 Å². The van der Waals surface area contributed by atoms with E-state index in [0.717, 1.165) is 24.6 Å². The SMILES string of the molecule is CS(=O)(=O)Nc1cc(NC(=O)C2CSCCN2)ccc1F. The highest BCUT2D eigenvalue weighted by molar-refractivity contribution is 7.99. The zero-order chi connectivity index (χ0) is 15.5. The van der Waals surface area contributed by atoms with Crippen molar-refractivity contribution >= 4 is 39.1 Å². The third-order valence-corrected chi connectivity index (χ3v) is 4.42. The summed E-state index contributed by atoms with van der Waals surface area (Å²) in [7, 11) is -3.58. The topological polar surface area (TPSA) is 87.3 Å². The molecule has 1 amide bonds. The predicted molar refractivity (Wildman–Crippen MR) is 82.6 cm³/mol. The van der Waals surface area contributed by atoms with Crippen molar-refractivity contribution in [2.75, 3.05) is 34.3 Å². The number of nitrogens with one attached hydrogen (secondary N) is 3. The minimum Gasteiger partial charge on any atom is -0.325 e. The lowest BCUT2D eigenvalue weighted by Gasteiger charge is -2.22. The summed E-state index contributed by atoms with van der Waals surface area (Å²) in [5, 5.41) is 5.73. The van der Waals surface area contributed by atoms with Gasteiger partial charge in [0.1, 0.15) is 5.82 Å². The third-order valence-electron chi connectivity index (χ3n) is 2.77. The van der Waals surface area contributed by atoms with E-state index >= 15 is 0 Å². The Hall–Kier alpha value is -1.32. The first-order valence-electron chi connectivity index (χ1n) is 6.24. The first-order valence-corrected chi connectivity index (χ1v) is 9.29. The van der Waals surface area contributed by atoms with Crippen molar-refractivity contribution in [3.8, 4) is 0 Å². The molecule has 1 unspecified atom stereocenters.